The molecule has 0 saturated heterocycles. The quantitative estimate of drug-likeness (QED) is 0.371. The molecule has 3 rings (SSSR count). The average molecular weight is 325 g/mol. The van der Waals surface area contributed by atoms with Crippen LogP contribution in [0.25, 0.3) is 6.08 Å². The SMILES string of the molecule is O=C(/C=C/c1ccccc1[N+](=O)[O-])c1ccc2c(c1)OCCCO2. The van der Waals surface area contributed by atoms with Crippen LogP contribution in [0.2, 0.25) is 0 Å². The maximum absolute atomic E-state index is 12.3. The summed E-state index contributed by atoms with van der Waals surface area (Å²) in [5.41, 5.74) is 0.777. The van der Waals surface area contributed by atoms with Gasteiger partial charge in [0.15, 0.2) is 17.3 Å². The van der Waals surface area contributed by atoms with Crippen molar-refractivity contribution in [2.24, 2.45) is 0 Å². The molecule has 0 aromatic heterocycles. The van der Waals surface area contributed by atoms with E-state index in [9.17, 15) is 14.9 Å². The molecule has 0 unspecified atom stereocenters. The van der Waals surface area contributed by atoms with Crippen LogP contribution in [0.3, 0.4) is 0 Å². The largest absolute Gasteiger partial charge is 0.490 e. The number of carbonyl (C=O) groups is 1. The monoisotopic (exact) mass is 325 g/mol. The molecule has 24 heavy (non-hydrogen) atoms. The number of hydrogen-bond acceptors (Lipinski definition) is 5. The minimum atomic E-state index is -0.474. The van der Waals surface area contributed by atoms with Crippen LogP contribution in [-0.4, -0.2) is 23.9 Å². The van der Waals surface area contributed by atoms with Crippen LogP contribution >= 0.6 is 0 Å². The topological polar surface area (TPSA) is 78.7 Å². The van der Waals surface area contributed by atoms with Gasteiger partial charge in [0, 0.05) is 18.1 Å². The Balaban J connectivity index is 1.83. The summed E-state index contributed by atoms with van der Waals surface area (Å²) in [5, 5.41) is 11.0. The average Bonchev–Trinajstić information content (AvgIpc) is 2.84. The van der Waals surface area contributed by atoms with Crippen LogP contribution in [0.15, 0.2) is 48.5 Å². The van der Waals surface area contributed by atoms with Crippen molar-refractivity contribution in [1.29, 1.82) is 0 Å². The Morgan fingerprint density at radius 3 is 2.62 bits per heavy atom. The Hall–Kier alpha value is -3.15. The number of allylic oxidation sites excluding steroid dienone is 1. The van der Waals surface area contributed by atoms with Gasteiger partial charge in [0.25, 0.3) is 5.69 Å². The van der Waals surface area contributed by atoms with Crippen LogP contribution < -0.4 is 9.47 Å². The zero-order valence-corrected chi connectivity index (χ0v) is 12.8. The summed E-state index contributed by atoms with van der Waals surface area (Å²) in [5.74, 6) is 0.896. The Kier molecular flexibility index (Phi) is 4.56. The van der Waals surface area contributed by atoms with Crippen molar-refractivity contribution in [3.63, 3.8) is 0 Å². The maximum atomic E-state index is 12.3. The lowest BCUT2D eigenvalue weighted by Crippen LogP contribution is -1.98. The standard InChI is InChI=1S/C18H15NO5/c20-16(8-6-13-4-1-2-5-15(13)19(21)22)14-7-9-17-18(12-14)24-11-3-10-23-17/h1-2,4-9,12H,3,10-11H2/b8-6+. The van der Waals surface area contributed by atoms with Crippen molar-refractivity contribution in [2.45, 2.75) is 6.42 Å². The molecule has 6 heteroatoms. The van der Waals surface area contributed by atoms with Crippen molar-refractivity contribution in [1.82, 2.24) is 0 Å². The molecule has 122 valence electrons. The Bertz CT molecular complexity index is 813. The van der Waals surface area contributed by atoms with Crippen LogP contribution in [0.1, 0.15) is 22.3 Å². The lowest BCUT2D eigenvalue weighted by Gasteiger charge is -2.07. The van der Waals surface area contributed by atoms with Crippen LogP contribution in [0.5, 0.6) is 11.5 Å². The molecule has 0 spiro atoms. The molecule has 2 aromatic carbocycles. The second-order valence-electron chi connectivity index (χ2n) is 5.23. The van der Waals surface area contributed by atoms with E-state index in [1.165, 1.54) is 18.2 Å². The van der Waals surface area contributed by atoms with Gasteiger partial charge in [-0.3, -0.25) is 14.9 Å². The van der Waals surface area contributed by atoms with Gasteiger partial charge >= 0.3 is 0 Å². The third-order valence-electron chi connectivity index (χ3n) is 3.58. The predicted molar refractivity (Wildman–Crippen MR) is 88.5 cm³/mol. The smallest absolute Gasteiger partial charge is 0.276 e. The van der Waals surface area contributed by atoms with Gasteiger partial charge in [-0.05, 0) is 36.4 Å². The van der Waals surface area contributed by atoms with E-state index in [0.29, 0.717) is 35.8 Å². The number of nitro benzene ring substituents is 1. The molecule has 1 aliphatic heterocycles. The number of para-hydroxylation sites is 1. The van der Waals surface area contributed by atoms with Crippen molar-refractivity contribution in [3.8, 4) is 11.5 Å². The van der Waals surface area contributed by atoms with Gasteiger partial charge in [0.1, 0.15) is 0 Å². The number of nitro groups is 1. The first kappa shape index (κ1) is 15.7. The van der Waals surface area contributed by atoms with Gasteiger partial charge in [0.05, 0.1) is 23.7 Å². The molecule has 0 amide bonds. The number of nitrogens with zero attached hydrogens (tertiary/aromatic N) is 1. The van der Waals surface area contributed by atoms with Gasteiger partial charge in [-0.15, -0.1) is 0 Å². The second-order valence-corrected chi connectivity index (χ2v) is 5.23. The zero-order chi connectivity index (χ0) is 16.9. The Labute approximate surface area is 138 Å². The summed E-state index contributed by atoms with van der Waals surface area (Å²) in [6.45, 7) is 1.12. The summed E-state index contributed by atoms with van der Waals surface area (Å²) in [6.07, 6.45) is 3.56. The fourth-order valence-corrected chi connectivity index (χ4v) is 2.37. The van der Waals surface area contributed by atoms with Crippen molar-refractivity contribution >= 4 is 17.5 Å². The second kappa shape index (κ2) is 6.95. The van der Waals surface area contributed by atoms with Crippen molar-refractivity contribution < 1.29 is 19.2 Å². The molecule has 0 fully saturated rings. The minimum Gasteiger partial charge on any atom is -0.490 e. The van der Waals surface area contributed by atoms with Crippen molar-refractivity contribution in [3.05, 3.63) is 69.8 Å². The molecule has 0 N–H and O–H groups in total. The van der Waals surface area contributed by atoms with Crippen LogP contribution in [-0.2, 0) is 0 Å². The number of fused-ring (bicyclic) bond motifs is 1. The summed E-state index contributed by atoms with van der Waals surface area (Å²) in [6, 6.07) is 11.2. The summed E-state index contributed by atoms with van der Waals surface area (Å²) >= 11 is 0. The van der Waals surface area contributed by atoms with E-state index in [0.717, 1.165) is 6.42 Å². The highest BCUT2D eigenvalue weighted by atomic mass is 16.6. The molecule has 0 bridgehead atoms. The molecular weight excluding hydrogens is 310 g/mol. The first-order chi connectivity index (χ1) is 11.6. The Morgan fingerprint density at radius 2 is 1.83 bits per heavy atom. The minimum absolute atomic E-state index is 0.0415. The molecule has 2 aromatic rings. The van der Waals surface area contributed by atoms with E-state index >= 15 is 0 Å². The molecule has 0 radical (unpaired) electrons. The first-order valence-electron chi connectivity index (χ1n) is 7.50. The van der Waals surface area contributed by atoms with Gasteiger partial charge in [0.2, 0.25) is 0 Å². The van der Waals surface area contributed by atoms with E-state index in [1.54, 1.807) is 36.4 Å². The number of rotatable bonds is 4. The third-order valence-corrected chi connectivity index (χ3v) is 3.58. The number of ether oxygens (including phenoxy) is 2. The molecule has 0 aliphatic carbocycles. The summed E-state index contributed by atoms with van der Waals surface area (Å²) in [4.78, 5) is 22.8. The Morgan fingerprint density at radius 1 is 1.08 bits per heavy atom. The number of carbonyl (C=O) groups excluding carboxylic acids is 1. The van der Waals surface area contributed by atoms with E-state index in [-0.39, 0.29) is 11.5 Å². The lowest BCUT2D eigenvalue weighted by molar-refractivity contribution is -0.385. The lowest BCUT2D eigenvalue weighted by atomic mass is 10.1. The highest BCUT2D eigenvalue weighted by Gasteiger charge is 2.14. The highest BCUT2D eigenvalue weighted by Crippen LogP contribution is 2.30. The van der Waals surface area contributed by atoms with Crippen LogP contribution in [0.4, 0.5) is 5.69 Å². The zero-order valence-electron chi connectivity index (χ0n) is 12.8. The number of benzene rings is 2. The molecule has 0 saturated carbocycles. The third kappa shape index (κ3) is 3.43. The van der Waals surface area contributed by atoms with E-state index in [4.69, 9.17) is 9.47 Å². The predicted octanol–water partition coefficient (Wildman–Crippen LogP) is 3.65. The fraction of sp³-hybridized carbons (Fsp3) is 0.167. The van der Waals surface area contributed by atoms with E-state index in [2.05, 4.69) is 0 Å². The van der Waals surface area contributed by atoms with E-state index in [1.807, 2.05) is 0 Å². The van der Waals surface area contributed by atoms with Gasteiger partial charge in [-0.25, -0.2) is 0 Å². The molecule has 0 atom stereocenters. The molecule has 1 aliphatic rings. The number of hydrogen-bond donors (Lipinski definition) is 0. The van der Waals surface area contributed by atoms with Crippen molar-refractivity contribution in [2.75, 3.05) is 13.2 Å². The maximum Gasteiger partial charge on any atom is 0.276 e. The fourth-order valence-electron chi connectivity index (χ4n) is 2.37. The molecule has 1 heterocycles. The van der Waals surface area contributed by atoms with Gasteiger partial charge < -0.3 is 9.47 Å². The van der Waals surface area contributed by atoms with Crippen LogP contribution in [0, 0.1) is 10.1 Å². The summed E-state index contributed by atoms with van der Waals surface area (Å²) < 4.78 is 11.1. The first-order valence-corrected chi connectivity index (χ1v) is 7.50. The molecule has 6 nitrogen and oxygen atoms in total. The summed E-state index contributed by atoms with van der Waals surface area (Å²) in [7, 11) is 0. The van der Waals surface area contributed by atoms with E-state index < -0.39 is 4.92 Å². The van der Waals surface area contributed by atoms with Gasteiger partial charge in [-0.1, -0.05) is 12.1 Å². The highest BCUT2D eigenvalue weighted by molar-refractivity contribution is 6.07. The number of ketones is 1. The normalized spacial score (nSPS) is 13.5. The van der Waals surface area contributed by atoms with Gasteiger partial charge in [-0.2, -0.15) is 0 Å². The molecular formula is C18H15NO5.